The van der Waals surface area contributed by atoms with Crippen LogP contribution in [0.4, 0.5) is 5.69 Å². The van der Waals surface area contributed by atoms with E-state index in [0.717, 1.165) is 12.1 Å². The Morgan fingerprint density at radius 2 is 2.10 bits per heavy atom. The number of hydrogen-bond donors (Lipinski definition) is 0. The minimum absolute atomic E-state index is 0.731. The molecule has 0 heterocycles. The monoisotopic (exact) mass is 132 g/mol. The smallest absolute Gasteiger partial charge is 0.0574 e. The molecule has 0 bridgehead atoms. The number of benzene rings is 1. The molecule has 2 rings (SSSR count). The molecule has 1 aliphatic carbocycles. The Hall–Kier alpha value is -0.980. The molecule has 0 aliphatic heterocycles. The van der Waals surface area contributed by atoms with Gasteiger partial charge in [-0.15, -0.1) is 0 Å². The van der Waals surface area contributed by atoms with Crippen LogP contribution in [0, 0.1) is 0 Å². The fourth-order valence-electron chi connectivity index (χ4n) is 1.62. The van der Waals surface area contributed by atoms with Crippen molar-refractivity contribution in [1.29, 1.82) is 0 Å². The summed E-state index contributed by atoms with van der Waals surface area (Å²) in [5, 5.41) is 0. The van der Waals surface area contributed by atoms with Gasteiger partial charge in [0.2, 0.25) is 0 Å². The second-order valence-electron chi connectivity index (χ2n) is 2.80. The second-order valence-corrected chi connectivity index (χ2v) is 2.80. The minimum Gasteiger partial charge on any atom is -0.301 e. The summed E-state index contributed by atoms with van der Waals surface area (Å²) in [6.45, 7) is 0. The second kappa shape index (κ2) is 2.01. The summed E-state index contributed by atoms with van der Waals surface area (Å²) in [5.41, 5.74) is 11.0. The van der Waals surface area contributed by atoms with Crippen LogP contribution in [-0.4, -0.2) is 0 Å². The number of nitrogens with one attached hydrogen (secondary N) is 1. The van der Waals surface area contributed by atoms with Crippen LogP contribution in [0.1, 0.15) is 17.5 Å². The van der Waals surface area contributed by atoms with Gasteiger partial charge in [-0.25, -0.2) is 0 Å². The lowest BCUT2D eigenvalue weighted by Gasteiger charge is -1.99. The van der Waals surface area contributed by atoms with Gasteiger partial charge in [0.25, 0.3) is 0 Å². The predicted octanol–water partition coefficient (Wildman–Crippen LogP) is 2.09. The Balaban J connectivity index is 2.59. The van der Waals surface area contributed by atoms with Gasteiger partial charge in [-0.3, -0.25) is 0 Å². The number of rotatable bonds is 0. The molecule has 1 aromatic rings. The first kappa shape index (κ1) is 5.78. The summed E-state index contributed by atoms with van der Waals surface area (Å²) in [6.07, 6.45) is 3.54. The van der Waals surface area contributed by atoms with Gasteiger partial charge in [-0.2, -0.15) is 0 Å². The maximum Gasteiger partial charge on any atom is 0.0574 e. The third kappa shape index (κ3) is 0.703. The van der Waals surface area contributed by atoms with Gasteiger partial charge in [-0.05, 0) is 36.5 Å². The Morgan fingerprint density at radius 1 is 1.20 bits per heavy atom. The highest BCUT2D eigenvalue weighted by atomic mass is 14.6. The molecule has 0 spiro atoms. The predicted molar refractivity (Wildman–Crippen MR) is 41.2 cm³/mol. The molecule has 10 heavy (non-hydrogen) atoms. The molecule has 1 N–H and O–H groups in total. The summed E-state index contributed by atoms with van der Waals surface area (Å²) in [5.74, 6) is 0. The van der Waals surface area contributed by atoms with Crippen LogP contribution in [0.15, 0.2) is 18.2 Å². The minimum atomic E-state index is 0.731. The lowest BCUT2D eigenvalue weighted by atomic mass is 10.1. The van der Waals surface area contributed by atoms with Crippen LogP contribution in [0.25, 0.3) is 0 Å². The summed E-state index contributed by atoms with van der Waals surface area (Å²) in [4.78, 5) is 0. The Bertz CT molecular complexity index is 253. The molecule has 0 unspecified atom stereocenters. The topological polar surface area (TPSA) is 23.8 Å². The summed E-state index contributed by atoms with van der Waals surface area (Å²) in [6, 6.07) is 6.00. The van der Waals surface area contributed by atoms with E-state index in [2.05, 4.69) is 6.07 Å². The normalized spacial score (nSPS) is 15.2. The van der Waals surface area contributed by atoms with E-state index >= 15 is 0 Å². The number of aryl methyl sites for hydroxylation is 1. The third-order valence-electron chi connectivity index (χ3n) is 2.15. The first-order valence-corrected chi connectivity index (χ1v) is 3.70. The van der Waals surface area contributed by atoms with Gasteiger partial charge in [0, 0.05) is 0 Å². The van der Waals surface area contributed by atoms with E-state index in [1.807, 2.05) is 12.1 Å². The van der Waals surface area contributed by atoms with Crippen LogP contribution in [0.5, 0.6) is 0 Å². The highest BCUT2D eigenvalue weighted by Crippen LogP contribution is 2.27. The van der Waals surface area contributed by atoms with E-state index in [1.165, 1.54) is 24.0 Å². The van der Waals surface area contributed by atoms with E-state index in [1.54, 1.807) is 0 Å². The average molecular weight is 132 g/mol. The van der Waals surface area contributed by atoms with Gasteiger partial charge < -0.3 is 5.73 Å². The van der Waals surface area contributed by atoms with Gasteiger partial charge in [0.15, 0.2) is 0 Å². The van der Waals surface area contributed by atoms with Crippen LogP contribution < -0.4 is 5.73 Å². The third-order valence-corrected chi connectivity index (χ3v) is 2.15. The first-order valence-electron chi connectivity index (χ1n) is 3.70. The summed E-state index contributed by atoms with van der Waals surface area (Å²) in [7, 11) is 0. The molecule has 0 amide bonds. The van der Waals surface area contributed by atoms with Gasteiger partial charge in [0.1, 0.15) is 0 Å². The largest absolute Gasteiger partial charge is 0.301 e. The van der Waals surface area contributed by atoms with Crippen molar-refractivity contribution < 1.29 is 0 Å². The quantitative estimate of drug-likeness (QED) is 0.516. The lowest BCUT2D eigenvalue weighted by molar-refractivity contribution is 0.911. The lowest BCUT2D eigenvalue weighted by Crippen LogP contribution is -1.82. The molecule has 51 valence electrons. The SMILES string of the molecule is [NH]c1cccc2c1CCC2. The van der Waals surface area contributed by atoms with Crippen molar-refractivity contribution in [1.82, 2.24) is 5.73 Å². The highest BCUT2D eigenvalue weighted by Gasteiger charge is 2.11. The molecule has 1 aliphatic rings. The fourth-order valence-corrected chi connectivity index (χ4v) is 1.62. The Labute approximate surface area is 60.9 Å². The molecular weight excluding hydrogens is 122 g/mol. The maximum absolute atomic E-state index is 7.55. The molecule has 0 aromatic heterocycles. The molecule has 0 fully saturated rings. The van der Waals surface area contributed by atoms with Crippen molar-refractivity contribution >= 4 is 5.69 Å². The maximum atomic E-state index is 7.55. The molecule has 0 saturated carbocycles. The standard InChI is InChI=1S/C9H10N/c10-9-6-2-4-7-3-1-5-8(7)9/h2,4,6,10H,1,3,5H2. The molecular formula is C9H10N. The van der Waals surface area contributed by atoms with E-state index in [9.17, 15) is 0 Å². The molecule has 1 nitrogen and oxygen atoms in total. The zero-order valence-corrected chi connectivity index (χ0v) is 5.85. The summed E-state index contributed by atoms with van der Waals surface area (Å²) >= 11 is 0. The van der Waals surface area contributed by atoms with E-state index < -0.39 is 0 Å². The Morgan fingerprint density at radius 3 is 2.90 bits per heavy atom. The van der Waals surface area contributed by atoms with E-state index in [0.29, 0.717) is 0 Å². The van der Waals surface area contributed by atoms with Crippen LogP contribution >= 0.6 is 0 Å². The van der Waals surface area contributed by atoms with E-state index in [4.69, 9.17) is 5.73 Å². The van der Waals surface area contributed by atoms with Crippen LogP contribution in [0.2, 0.25) is 0 Å². The zero-order chi connectivity index (χ0) is 6.97. The van der Waals surface area contributed by atoms with Gasteiger partial charge in [0.05, 0.1) is 5.69 Å². The van der Waals surface area contributed by atoms with Crippen molar-refractivity contribution in [2.75, 3.05) is 0 Å². The zero-order valence-electron chi connectivity index (χ0n) is 5.85. The molecule has 1 heteroatoms. The summed E-state index contributed by atoms with van der Waals surface area (Å²) < 4.78 is 0. The molecule has 0 atom stereocenters. The molecule has 1 radical (unpaired) electrons. The van der Waals surface area contributed by atoms with Gasteiger partial charge in [-0.1, -0.05) is 12.1 Å². The molecule has 1 aromatic carbocycles. The molecule has 0 saturated heterocycles. The number of fused-ring (bicyclic) bond motifs is 1. The Kier molecular flexibility index (Phi) is 1.16. The highest BCUT2D eigenvalue weighted by molar-refractivity contribution is 5.50. The van der Waals surface area contributed by atoms with Crippen LogP contribution in [0.3, 0.4) is 0 Å². The van der Waals surface area contributed by atoms with Crippen molar-refractivity contribution in [3.8, 4) is 0 Å². The first-order chi connectivity index (χ1) is 4.88. The van der Waals surface area contributed by atoms with Gasteiger partial charge >= 0.3 is 0 Å². The van der Waals surface area contributed by atoms with Crippen molar-refractivity contribution in [2.45, 2.75) is 19.3 Å². The van der Waals surface area contributed by atoms with Crippen molar-refractivity contribution in [2.24, 2.45) is 0 Å². The number of hydrogen-bond acceptors (Lipinski definition) is 0. The van der Waals surface area contributed by atoms with Crippen molar-refractivity contribution in [3.05, 3.63) is 29.3 Å². The van der Waals surface area contributed by atoms with Crippen LogP contribution in [-0.2, 0) is 12.8 Å². The average Bonchev–Trinajstić information content (AvgIpc) is 2.36. The fraction of sp³-hybridized carbons (Fsp3) is 0.333. The van der Waals surface area contributed by atoms with Crippen molar-refractivity contribution in [3.63, 3.8) is 0 Å². The van der Waals surface area contributed by atoms with E-state index in [-0.39, 0.29) is 0 Å².